The van der Waals surface area contributed by atoms with Gasteiger partial charge in [-0.15, -0.1) is 11.3 Å². The quantitative estimate of drug-likeness (QED) is 0.763. The predicted octanol–water partition coefficient (Wildman–Crippen LogP) is 1.80. The van der Waals surface area contributed by atoms with Crippen molar-refractivity contribution in [2.24, 2.45) is 0 Å². The predicted molar refractivity (Wildman–Crippen MR) is 65.1 cm³/mol. The zero-order valence-corrected chi connectivity index (χ0v) is 10.2. The molecule has 0 amide bonds. The molecule has 0 unspecified atom stereocenters. The van der Waals surface area contributed by atoms with Gasteiger partial charge in [-0.2, -0.15) is 0 Å². The number of rotatable bonds is 4. The van der Waals surface area contributed by atoms with E-state index < -0.39 is 0 Å². The van der Waals surface area contributed by atoms with Crippen LogP contribution in [0.15, 0.2) is 16.5 Å². The van der Waals surface area contributed by atoms with Crippen LogP contribution in [-0.2, 0) is 11.3 Å². The molecular weight excluding hydrogens is 224 g/mol. The van der Waals surface area contributed by atoms with Gasteiger partial charge in [0.15, 0.2) is 0 Å². The summed E-state index contributed by atoms with van der Waals surface area (Å²) in [6, 6.07) is 0. The summed E-state index contributed by atoms with van der Waals surface area (Å²) in [5.74, 6) is 0. The van der Waals surface area contributed by atoms with E-state index in [-0.39, 0.29) is 5.56 Å². The van der Waals surface area contributed by atoms with E-state index in [2.05, 4.69) is 4.98 Å². The third-order valence-corrected chi connectivity index (χ3v) is 3.48. The molecule has 0 saturated carbocycles. The molecule has 2 rings (SSSR count). The standard InChI is InChI=1S/C11H14N2O2S/c1-3-15-5-4-13-7-12-9-8(2)6-16-10(9)11(13)14/h6-7H,3-5H2,1-2H3. The molecule has 0 N–H and O–H groups in total. The first-order valence-electron chi connectivity index (χ1n) is 5.25. The Hall–Kier alpha value is -1.20. The van der Waals surface area contributed by atoms with Gasteiger partial charge in [-0.1, -0.05) is 0 Å². The molecule has 4 nitrogen and oxygen atoms in total. The van der Waals surface area contributed by atoms with Gasteiger partial charge in [0, 0.05) is 6.61 Å². The molecule has 2 heterocycles. The molecule has 2 aromatic rings. The molecule has 0 radical (unpaired) electrons. The maximum Gasteiger partial charge on any atom is 0.271 e. The number of thiophene rings is 1. The minimum atomic E-state index is 0.0304. The normalized spacial score (nSPS) is 11.1. The van der Waals surface area contributed by atoms with Crippen LogP contribution in [0.4, 0.5) is 0 Å². The molecule has 0 aliphatic carbocycles. The van der Waals surface area contributed by atoms with E-state index in [9.17, 15) is 4.79 Å². The second-order valence-corrected chi connectivity index (χ2v) is 4.42. The summed E-state index contributed by atoms with van der Waals surface area (Å²) in [4.78, 5) is 16.3. The number of hydrogen-bond donors (Lipinski definition) is 0. The zero-order chi connectivity index (χ0) is 11.5. The molecule has 16 heavy (non-hydrogen) atoms. The Bertz CT molecular complexity index is 544. The van der Waals surface area contributed by atoms with Crippen molar-refractivity contribution in [3.05, 3.63) is 27.6 Å². The summed E-state index contributed by atoms with van der Waals surface area (Å²) in [5.41, 5.74) is 1.92. The highest BCUT2D eigenvalue weighted by Gasteiger charge is 2.07. The molecule has 2 aromatic heterocycles. The molecule has 0 aromatic carbocycles. The minimum absolute atomic E-state index is 0.0304. The lowest BCUT2D eigenvalue weighted by Gasteiger charge is -2.04. The fraction of sp³-hybridized carbons (Fsp3) is 0.455. The maximum atomic E-state index is 12.0. The summed E-state index contributed by atoms with van der Waals surface area (Å²) in [6.07, 6.45) is 1.60. The number of aromatic nitrogens is 2. The van der Waals surface area contributed by atoms with Crippen LogP contribution in [-0.4, -0.2) is 22.8 Å². The number of nitrogens with zero attached hydrogens (tertiary/aromatic N) is 2. The minimum Gasteiger partial charge on any atom is -0.380 e. The monoisotopic (exact) mass is 238 g/mol. The average molecular weight is 238 g/mol. The summed E-state index contributed by atoms with van der Waals surface area (Å²) in [5, 5.41) is 1.96. The lowest BCUT2D eigenvalue weighted by Crippen LogP contribution is -2.22. The number of hydrogen-bond acceptors (Lipinski definition) is 4. The second kappa shape index (κ2) is 4.76. The molecule has 0 saturated heterocycles. The van der Waals surface area contributed by atoms with Crippen molar-refractivity contribution in [1.82, 2.24) is 9.55 Å². The Morgan fingerprint density at radius 1 is 1.56 bits per heavy atom. The molecule has 0 aliphatic heterocycles. The zero-order valence-electron chi connectivity index (χ0n) is 9.40. The highest BCUT2D eigenvalue weighted by molar-refractivity contribution is 7.17. The van der Waals surface area contributed by atoms with Gasteiger partial charge in [0.05, 0.1) is 25.0 Å². The van der Waals surface area contributed by atoms with Crippen LogP contribution < -0.4 is 5.56 Å². The van der Waals surface area contributed by atoms with E-state index >= 15 is 0 Å². The van der Waals surface area contributed by atoms with Gasteiger partial charge in [0.2, 0.25) is 0 Å². The van der Waals surface area contributed by atoms with Gasteiger partial charge in [-0.05, 0) is 24.8 Å². The Kier molecular flexibility index (Phi) is 3.36. The van der Waals surface area contributed by atoms with Gasteiger partial charge in [0.25, 0.3) is 5.56 Å². The van der Waals surface area contributed by atoms with E-state index in [4.69, 9.17) is 4.74 Å². The molecule has 5 heteroatoms. The Morgan fingerprint density at radius 2 is 2.38 bits per heavy atom. The van der Waals surface area contributed by atoms with Crippen molar-refractivity contribution in [3.63, 3.8) is 0 Å². The highest BCUT2D eigenvalue weighted by Crippen LogP contribution is 2.19. The van der Waals surface area contributed by atoms with Crippen molar-refractivity contribution in [1.29, 1.82) is 0 Å². The van der Waals surface area contributed by atoms with Gasteiger partial charge in [0.1, 0.15) is 4.70 Å². The van der Waals surface area contributed by atoms with Crippen LogP contribution >= 0.6 is 11.3 Å². The van der Waals surface area contributed by atoms with Crippen molar-refractivity contribution in [2.75, 3.05) is 13.2 Å². The first-order valence-corrected chi connectivity index (χ1v) is 6.13. The summed E-state index contributed by atoms with van der Waals surface area (Å²) < 4.78 is 7.56. The lowest BCUT2D eigenvalue weighted by molar-refractivity contribution is 0.138. The van der Waals surface area contributed by atoms with E-state index in [1.54, 1.807) is 10.9 Å². The molecule has 0 spiro atoms. The Morgan fingerprint density at radius 3 is 3.12 bits per heavy atom. The van der Waals surface area contributed by atoms with E-state index in [0.717, 1.165) is 15.8 Å². The van der Waals surface area contributed by atoms with E-state index in [1.807, 2.05) is 19.2 Å². The van der Waals surface area contributed by atoms with Crippen LogP contribution in [0.1, 0.15) is 12.5 Å². The van der Waals surface area contributed by atoms with Gasteiger partial charge >= 0.3 is 0 Å². The van der Waals surface area contributed by atoms with Crippen molar-refractivity contribution >= 4 is 21.6 Å². The molecule has 0 bridgehead atoms. The first-order chi connectivity index (χ1) is 7.74. The van der Waals surface area contributed by atoms with Crippen LogP contribution in [0.2, 0.25) is 0 Å². The molecule has 0 aliphatic rings. The fourth-order valence-electron chi connectivity index (χ4n) is 1.53. The van der Waals surface area contributed by atoms with Crippen LogP contribution in [0, 0.1) is 6.92 Å². The summed E-state index contributed by atoms with van der Waals surface area (Å²) >= 11 is 1.46. The second-order valence-electron chi connectivity index (χ2n) is 3.54. The van der Waals surface area contributed by atoms with Crippen molar-refractivity contribution in [3.8, 4) is 0 Å². The van der Waals surface area contributed by atoms with E-state index in [0.29, 0.717) is 19.8 Å². The summed E-state index contributed by atoms with van der Waals surface area (Å²) in [7, 11) is 0. The molecule has 0 atom stereocenters. The van der Waals surface area contributed by atoms with E-state index in [1.165, 1.54) is 11.3 Å². The maximum absolute atomic E-state index is 12.0. The third kappa shape index (κ3) is 2.01. The SMILES string of the molecule is CCOCCn1cnc2c(C)csc2c1=O. The number of aryl methyl sites for hydroxylation is 1. The third-order valence-electron chi connectivity index (χ3n) is 2.40. The Balaban J connectivity index is 2.34. The van der Waals surface area contributed by atoms with Crippen LogP contribution in [0.5, 0.6) is 0 Å². The highest BCUT2D eigenvalue weighted by atomic mass is 32.1. The largest absolute Gasteiger partial charge is 0.380 e. The average Bonchev–Trinajstić information content (AvgIpc) is 2.65. The van der Waals surface area contributed by atoms with Crippen LogP contribution in [0.25, 0.3) is 10.2 Å². The number of fused-ring (bicyclic) bond motifs is 1. The number of ether oxygens (including phenoxy) is 1. The fourth-order valence-corrected chi connectivity index (χ4v) is 2.48. The smallest absolute Gasteiger partial charge is 0.271 e. The van der Waals surface area contributed by atoms with Gasteiger partial charge in [-0.3, -0.25) is 9.36 Å². The Labute approximate surface area is 97.5 Å². The lowest BCUT2D eigenvalue weighted by atomic mass is 10.3. The van der Waals surface area contributed by atoms with Crippen molar-refractivity contribution in [2.45, 2.75) is 20.4 Å². The van der Waals surface area contributed by atoms with Crippen LogP contribution in [0.3, 0.4) is 0 Å². The van der Waals surface area contributed by atoms with Gasteiger partial charge in [-0.25, -0.2) is 4.98 Å². The molecule has 86 valence electrons. The van der Waals surface area contributed by atoms with Crippen molar-refractivity contribution < 1.29 is 4.74 Å². The van der Waals surface area contributed by atoms with Gasteiger partial charge < -0.3 is 4.74 Å². The first kappa shape index (κ1) is 11.3. The molecular formula is C11H14N2O2S. The topological polar surface area (TPSA) is 44.1 Å². The summed E-state index contributed by atoms with van der Waals surface area (Å²) in [6.45, 7) is 5.69. The molecule has 0 fully saturated rings.